The van der Waals surface area contributed by atoms with Crippen LogP contribution in [0.3, 0.4) is 0 Å². The highest BCUT2D eigenvalue weighted by Gasteiger charge is 2.03. The van der Waals surface area contributed by atoms with Crippen molar-refractivity contribution in [2.24, 2.45) is 0 Å². The molecule has 1 heterocycles. The van der Waals surface area contributed by atoms with E-state index in [9.17, 15) is 9.59 Å². The molecule has 2 N–H and O–H groups in total. The van der Waals surface area contributed by atoms with Crippen LogP contribution in [-0.4, -0.2) is 17.0 Å². The largest absolute Gasteiger partial charge is 0.478 e. The summed E-state index contributed by atoms with van der Waals surface area (Å²) in [5, 5.41) is 15.4. The van der Waals surface area contributed by atoms with Crippen LogP contribution < -0.4 is 5.32 Å². The van der Waals surface area contributed by atoms with Crippen molar-refractivity contribution in [3.8, 4) is 0 Å². The molecule has 0 aliphatic carbocycles. The zero-order valence-electron chi connectivity index (χ0n) is 11.3. The molecule has 0 atom stereocenters. The summed E-state index contributed by atoms with van der Waals surface area (Å²) < 4.78 is 0. The van der Waals surface area contributed by atoms with E-state index in [1.54, 1.807) is 35.6 Å². The second-order valence-corrected chi connectivity index (χ2v) is 5.25. The van der Waals surface area contributed by atoms with Crippen molar-refractivity contribution in [1.29, 1.82) is 0 Å². The first-order valence-electron chi connectivity index (χ1n) is 6.45. The average molecular weight is 301 g/mol. The number of aliphatic carboxylic acids is 1. The first kappa shape index (κ1) is 15.0. The van der Waals surface area contributed by atoms with Crippen LogP contribution in [0.5, 0.6) is 0 Å². The van der Waals surface area contributed by atoms with Crippen LogP contribution in [0, 0.1) is 0 Å². The van der Waals surface area contributed by atoms with E-state index >= 15 is 0 Å². The molecule has 0 fully saturated rings. The minimum atomic E-state index is -0.985. The van der Waals surface area contributed by atoms with E-state index in [0.717, 1.165) is 18.1 Å². The lowest BCUT2D eigenvalue weighted by atomic mass is 10.1. The molecule has 5 heteroatoms. The molecule has 0 saturated carbocycles. The Morgan fingerprint density at radius 1 is 1.19 bits per heavy atom. The number of amides is 1. The standard InChI is InChI=1S/C16H15NO3S/c18-15(7-3-13-9-10-21-11-13)17-14-5-1-12(2-6-14)4-8-16(19)20/h1-2,4-6,8-11H,3,7H2,(H,17,18)(H,19,20)/b8-4+. The van der Waals surface area contributed by atoms with Crippen LogP contribution in [0.1, 0.15) is 17.5 Å². The van der Waals surface area contributed by atoms with Gasteiger partial charge in [0.1, 0.15) is 0 Å². The highest BCUT2D eigenvalue weighted by atomic mass is 32.1. The van der Waals surface area contributed by atoms with Crippen molar-refractivity contribution in [3.05, 3.63) is 58.3 Å². The maximum atomic E-state index is 11.8. The Morgan fingerprint density at radius 3 is 2.57 bits per heavy atom. The quantitative estimate of drug-likeness (QED) is 0.803. The molecule has 1 aromatic carbocycles. The molecular formula is C16H15NO3S. The Morgan fingerprint density at radius 2 is 1.95 bits per heavy atom. The maximum Gasteiger partial charge on any atom is 0.328 e. The Kier molecular flexibility index (Phi) is 5.29. The zero-order valence-corrected chi connectivity index (χ0v) is 12.1. The summed E-state index contributed by atoms with van der Waals surface area (Å²) >= 11 is 1.62. The number of carboxylic acids is 1. The molecule has 2 aromatic rings. The molecule has 0 unspecified atom stereocenters. The number of aryl methyl sites for hydroxylation is 1. The Bertz CT molecular complexity index is 630. The maximum absolute atomic E-state index is 11.8. The van der Waals surface area contributed by atoms with E-state index in [1.165, 1.54) is 11.6 Å². The third-order valence-corrected chi connectivity index (χ3v) is 3.57. The molecule has 0 saturated heterocycles. The van der Waals surface area contributed by atoms with Crippen molar-refractivity contribution in [3.63, 3.8) is 0 Å². The summed E-state index contributed by atoms with van der Waals surface area (Å²) in [6.07, 6.45) is 3.76. The van der Waals surface area contributed by atoms with Crippen LogP contribution in [0.15, 0.2) is 47.2 Å². The molecule has 0 radical (unpaired) electrons. The van der Waals surface area contributed by atoms with E-state index < -0.39 is 5.97 Å². The topological polar surface area (TPSA) is 66.4 Å². The number of hydrogen-bond acceptors (Lipinski definition) is 3. The van der Waals surface area contributed by atoms with E-state index in [1.807, 2.05) is 16.8 Å². The Balaban J connectivity index is 1.85. The minimum absolute atomic E-state index is 0.0324. The smallest absolute Gasteiger partial charge is 0.328 e. The number of nitrogens with one attached hydrogen (secondary N) is 1. The number of thiophene rings is 1. The summed E-state index contributed by atoms with van der Waals surface area (Å²) in [7, 11) is 0. The molecule has 108 valence electrons. The van der Waals surface area contributed by atoms with Gasteiger partial charge >= 0.3 is 5.97 Å². The normalized spacial score (nSPS) is 10.7. The van der Waals surface area contributed by atoms with Gasteiger partial charge in [0.15, 0.2) is 0 Å². The molecule has 1 aromatic heterocycles. The van der Waals surface area contributed by atoms with Crippen LogP contribution in [0.4, 0.5) is 5.69 Å². The van der Waals surface area contributed by atoms with Gasteiger partial charge in [0, 0.05) is 18.2 Å². The van der Waals surface area contributed by atoms with E-state index in [0.29, 0.717) is 12.1 Å². The number of carbonyl (C=O) groups is 2. The Hall–Kier alpha value is -2.40. The summed E-state index contributed by atoms with van der Waals surface area (Å²) in [6, 6.07) is 9.04. The monoisotopic (exact) mass is 301 g/mol. The highest BCUT2D eigenvalue weighted by Crippen LogP contribution is 2.13. The zero-order chi connectivity index (χ0) is 15.1. The number of benzene rings is 1. The van der Waals surface area contributed by atoms with Crippen molar-refractivity contribution in [1.82, 2.24) is 0 Å². The minimum Gasteiger partial charge on any atom is -0.478 e. The molecular weight excluding hydrogens is 286 g/mol. The lowest BCUT2D eigenvalue weighted by Gasteiger charge is -2.05. The van der Waals surface area contributed by atoms with Gasteiger partial charge < -0.3 is 10.4 Å². The predicted molar refractivity (Wildman–Crippen MR) is 84.4 cm³/mol. The van der Waals surface area contributed by atoms with E-state index in [4.69, 9.17) is 5.11 Å². The fourth-order valence-corrected chi connectivity index (χ4v) is 2.46. The molecule has 0 spiro atoms. The van der Waals surface area contributed by atoms with Gasteiger partial charge in [-0.1, -0.05) is 12.1 Å². The van der Waals surface area contributed by atoms with Crippen LogP contribution >= 0.6 is 11.3 Å². The lowest BCUT2D eigenvalue weighted by Crippen LogP contribution is -2.12. The fourth-order valence-electron chi connectivity index (χ4n) is 1.76. The number of carbonyl (C=O) groups excluding carboxylic acids is 1. The van der Waals surface area contributed by atoms with Crippen molar-refractivity contribution < 1.29 is 14.7 Å². The molecule has 0 aliphatic heterocycles. The number of anilines is 1. The molecule has 1 amide bonds. The van der Waals surface area contributed by atoms with Gasteiger partial charge in [-0.3, -0.25) is 4.79 Å². The van der Waals surface area contributed by atoms with Crippen LogP contribution in [0.2, 0.25) is 0 Å². The second kappa shape index (κ2) is 7.40. The van der Waals surface area contributed by atoms with Crippen molar-refractivity contribution in [2.45, 2.75) is 12.8 Å². The van der Waals surface area contributed by atoms with Gasteiger partial charge in [-0.2, -0.15) is 11.3 Å². The summed E-state index contributed by atoms with van der Waals surface area (Å²) in [6.45, 7) is 0. The van der Waals surface area contributed by atoms with E-state index in [-0.39, 0.29) is 5.91 Å². The molecule has 2 rings (SSSR count). The summed E-state index contributed by atoms with van der Waals surface area (Å²) in [4.78, 5) is 22.2. The van der Waals surface area contributed by atoms with Gasteiger partial charge in [0.25, 0.3) is 0 Å². The van der Waals surface area contributed by atoms with Crippen molar-refractivity contribution >= 4 is 35.0 Å². The third-order valence-electron chi connectivity index (χ3n) is 2.83. The summed E-state index contributed by atoms with van der Waals surface area (Å²) in [5.41, 5.74) is 2.65. The highest BCUT2D eigenvalue weighted by molar-refractivity contribution is 7.07. The summed E-state index contributed by atoms with van der Waals surface area (Å²) in [5.74, 6) is -1.02. The van der Waals surface area contributed by atoms with Gasteiger partial charge in [-0.25, -0.2) is 4.79 Å². The first-order valence-corrected chi connectivity index (χ1v) is 7.40. The Labute approximate surface area is 126 Å². The molecule has 0 aliphatic rings. The first-order chi connectivity index (χ1) is 10.1. The number of hydrogen-bond donors (Lipinski definition) is 2. The van der Waals surface area contributed by atoms with Gasteiger partial charge in [0.05, 0.1) is 0 Å². The lowest BCUT2D eigenvalue weighted by molar-refractivity contribution is -0.131. The third kappa shape index (κ3) is 5.24. The second-order valence-electron chi connectivity index (χ2n) is 4.47. The van der Waals surface area contributed by atoms with Gasteiger partial charge in [0.2, 0.25) is 5.91 Å². The van der Waals surface area contributed by atoms with Crippen LogP contribution in [0.25, 0.3) is 6.08 Å². The SMILES string of the molecule is O=C(O)/C=C/c1ccc(NC(=O)CCc2ccsc2)cc1. The molecule has 21 heavy (non-hydrogen) atoms. The van der Waals surface area contributed by atoms with Crippen molar-refractivity contribution in [2.75, 3.05) is 5.32 Å². The van der Waals surface area contributed by atoms with Crippen LogP contribution in [-0.2, 0) is 16.0 Å². The average Bonchev–Trinajstić information content (AvgIpc) is 2.98. The van der Waals surface area contributed by atoms with E-state index in [2.05, 4.69) is 5.32 Å². The van der Waals surface area contributed by atoms with Gasteiger partial charge in [-0.15, -0.1) is 0 Å². The van der Waals surface area contributed by atoms with Gasteiger partial charge in [-0.05, 0) is 52.6 Å². The molecule has 4 nitrogen and oxygen atoms in total. The predicted octanol–water partition coefficient (Wildman–Crippen LogP) is 3.42. The fraction of sp³-hybridized carbons (Fsp3) is 0.125. The number of rotatable bonds is 6. The molecule has 0 bridgehead atoms. The number of carboxylic acid groups (broad SMARTS) is 1.